The van der Waals surface area contributed by atoms with Crippen molar-refractivity contribution in [1.29, 1.82) is 0 Å². The fourth-order valence-electron chi connectivity index (χ4n) is 3.86. The van der Waals surface area contributed by atoms with Crippen LogP contribution in [0.1, 0.15) is 43.8 Å². The van der Waals surface area contributed by atoms with Crippen LogP contribution in [0.2, 0.25) is 0 Å². The number of carbonyl (C=O) groups is 1. The van der Waals surface area contributed by atoms with Crippen molar-refractivity contribution in [3.63, 3.8) is 0 Å². The van der Waals surface area contributed by atoms with E-state index in [0.717, 1.165) is 31.4 Å². The molecule has 1 aromatic carbocycles. The van der Waals surface area contributed by atoms with Crippen LogP contribution in [0.3, 0.4) is 0 Å². The maximum atomic E-state index is 14.1. The van der Waals surface area contributed by atoms with Gasteiger partial charge >= 0.3 is 0 Å². The van der Waals surface area contributed by atoms with Gasteiger partial charge in [-0.3, -0.25) is 4.79 Å². The van der Waals surface area contributed by atoms with Crippen LogP contribution in [0.25, 0.3) is 0 Å². The zero-order chi connectivity index (χ0) is 17.1. The van der Waals surface area contributed by atoms with Crippen LogP contribution in [-0.2, 0) is 14.3 Å². The monoisotopic (exact) mass is 339 g/mol. The van der Waals surface area contributed by atoms with Crippen LogP contribution in [0.5, 0.6) is 0 Å². The molecule has 3 rings (SSSR count). The lowest BCUT2D eigenvalue weighted by molar-refractivity contribution is -0.127. The molecule has 132 valence electrons. The number of fused-ring (bicyclic) bond motifs is 1. The number of benzene rings is 1. The largest absolute Gasteiger partial charge is 0.384 e. The maximum Gasteiger partial charge on any atom is 0.222 e. The summed E-state index contributed by atoms with van der Waals surface area (Å²) in [6.45, 7) is 0.366. The Morgan fingerprint density at radius 1 is 1.38 bits per heavy atom. The Hall–Kier alpha value is -1.53. The van der Waals surface area contributed by atoms with Gasteiger partial charge in [0, 0.05) is 31.1 Å². The predicted octanol–water partition coefficient (Wildman–Crippen LogP) is 3.12. The van der Waals surface area contributed by atoms with Crippen molar-refractivity contribution in [1.82, 2.24) is 5.32 Å². The van der Waals surface area contributed by atoms with Gasteiger partial charge in [-0.15, -0.1) is 0 Å². The molecule has 1 N–H and O–H groups in total. The minimum absolute atomic E-state index is 0.0147. The number of amides is 1. The van der Waals surface area contributed by atoms with E-state index in [2.05, 4.69) is 5.32 Å². The Bertz CT molecular complexity index is 596. The highest BCUT2D eigenvalue weighted by Gasteiger charge is 2.42. The minimum Gasteiger partial charge on any atom is -0.384 e. The molecule has 1 saturated heterocycles. The summed E-state index contributed by atoms with van der Waals surface area (Å²) < 4.78 is 38.6. The topological polar surface area (TPSA) is 47.6 Å². The van der Waals surface area contributed by atoms with E-state index in [0.29, 0.717) is 19.4 Å². The molecule has 0 radical (unpaired) electrons. The van der Waals surface area contributed by atoms with Gasteiger partial charge in [0.15, 0.2) is 0 Å². The number of halogens is 2. The van der Waals surface area contributed by atoms with Crippen LogP contribution in [0.15, 0.2) is 18.2 Å². The zero-order valence-electron chi connectivity index (χ0n) is 13.8. The number of hydrogen-bond acceptors (Lipinski definition) is 3. The number of methoxy groups -OCH3 is 1. The molecule has 4 nitrogen and oxygen atoms in total. The van der Waals surface area contributed by atoms with Crippen molar-refractivity contribution < 1.29 is 23.0 Å². The van der Waals surface area contributed by atoms with E-state index in [1.54, 1.807) is 7.11 Å². The molecular formula is C18H23F2NO3. The summed E-state index contributed by atoms with van der Waals surface area (Å²) in [5, 5.41) is 3.04. The van der Waals surface area contributed by atoms with Crippen LogP contribution in [-0.4, -0.2) is 31.8 Å². The molecule has 0 aromatic heterocycles. The maximum absolute atomic E-state index is 14.1. The van der Waals surface area contributed by atoms with Gasteiger partial charge in [-0.05, 0) is 37.5 Å². The molecule has 2 aliphatic rings. The van der Waals surface area contributed by atoms with E-state index in [1.807, 2.05) is 0 Å². The molecule has 1 aliphatic heterocycles. The lowest BCUT2D eigenvalue weighted by atomic mass is 9.86. The van der Waals surface area contributed by atoms with E-state index < -0.39 is 17.7 Å². The minimum atomic E-state index is -0.534. The van der Waals surface area contributed by atoms with Gasteiger partial charge in [0.05, 0.1) is 18.8 Å². The quantitative estimate of drug-likeness (QED) is 0.897. The molecule has 0 bridgehead atoms. The fraction of sp³-hybridized carbons (Fsp3) is 0.611. The first kappa shape index (κ1) is 17.3. The molecule has 0 unspecified atom stereocenters. The molecule has 1 heterocycles. The average Bonchev–Trinajstić information content (AvgIpc) is 3.04. The van der Waals surface area contributed by atoms with Crippen molar-refractivity contribution in [2.75, 3.05) is 13.7 Å². The first-order valence-electron chi connectivity index (χ1n) is 8.47. The molecule has 1 saturated carbocycles. The molecular weight excluding hydrogens is 316 g/mol. The highest BCUT2D eigenvalue weighted by molar-refractivity contribution is 5.76. The molecule has 2 fully saturated rings. The Labute approximate surface area is 140 Å². The van der Waals surface area contributed by atoms with Crippen molar-refractivity contribution in [2.45, 2.75) is 50.4 Å². The van der Waals surface area contributed by atoms with Crippen LogP contribution < -0.4 is 5.32 Å². The lowest BCUT2D eigenvalue weighted by Crippen LogP contribution is -2.48. The van der Waals surface area contributed by atoms with Gasteiger partial charge in [-0.2, -0.15) is 0 Å². The number of nitrogens with one attached hydrogen (secondary N) is 1. The third kappa shape index (κ3) is 3.75. The van der Waals surface area contributed by atoms with E-state index >= 15 is 0 Å². The first-order valence-corrected chi connectivity index (χ1v) is 8.47. The summed E-state index contributed by atoms with van der Waals surface area (Å²) in [4.78, 5) is 12.1. The van der Waals surface area contributed by atoms with E-state index in [4.69, 9.17) is 9.47 Å². The molecule has 4 atom stereocenters. The smallest absolute Gasteiger partial charge is 0.222 e. The summed E-state index contributed by atoms with van der Waals surface area (Å²) in [6, 6.07) is 3.34. The predicted molar refractivity (Wildman–Crippen MR) is 84.4 cm³/mol. The van der Waals surface area contributed by atoms with Crippen LogP contribution >= 0.6 is 0 Å². The third-order valence-corrected chi connectivity index (χ3v) is 5.01. The number of hydrogen-bond donors (Lipinski definition) is 1. The van der Waals surface area contributed by atoms with Crippen LogP contribution in [0.4, 0.5) is 8.78 Å². The van der Waals surface area contributed by atoms with Crippen molar-refractivity contribution in [2.24, 2.45) is 5.92 Å². The van der Waals surface area contributed by atoms with E-state index in [9.17, 15) is 13.6 Å². The zero-order valence-corrected chi connectivity index (χ0v) is 13.8. The Morgan fingerprint density at radius 2 is 2.21 bits per heavy atom. The summed E-state index contributed by atoms with van der Waals surface area (Å²) in [5.41, 5.74) is 0.233. The second kappa shape index (κ2) is 7.57. The summed E-state index contributed by atoms with van der Waals surface area (Å²) in [5.74, 6) is -0.788. The molecule has 6 heteroatoms. The van der Waals surface area contributed by atoms with Crippen LogP contribution in [0, 0.1) is 17.6 Å². The van der Waals surface area contributed by atoms with Gasteiger partial charge in [0.2, 0.25) is 5.91 Å². The normalized spacial score (nSPS) is 29.3. The Morgan fingerprint density at radius 3 is 3.00 bits per heavy atom. The van der Waals surface area contributed by atoms with Gasteiger partial charge in [0.25, 0.3) is 0 Å². The summed E-state index contributed by atoms with van der Waals surface area (Å²) in [7, 11) is 1.55. The van der Waals surface area contributed by atoms with Gasteiger partial charge in [-0.1, -0.05) is 6.42 Å². The number of carbonyl (C=O) groups excluding carboxylic acids is 1. The molecule has 1 aromatic rings. The Kier molecular flexibility index (Phi) is 5.46. The highest BCUT2D eigenvalue weighted by Crippen LogP contribution is 2.43. The second-order valence-electron chi connectivity index (χ2n) is 6.58. The summed E-state index contributed by atoms with van der Waals surface area (Å²) >= 11 is 0. The number of rotatable bonds is 5. The molecule has 24 heavy (non-hydrogen) atoms. The Balaban J connectivity index is 1.76. The highest BCUT2D eigenvalue weighted by atomic mass is 19.1. The third-order valence-electron chi connectivity index (χ3n) is 5.01. The van der Waals surface area contributed by atoms with E-state index in [-0.39, 0.29) is 29.5 Å². The first-order chi connectivity index (χ1) is 11.6. The van der Waals surface area contributed by atoms with Gasteiger partial charge < -0.3 is 14.8 Å². The fourth-order valence-corrected chi connectivity index (χ4v) is 3.86. The summed E-state index contributed by atoms with van der Waals surface area (Å²) in [6.07, 6.45) is 3.11. The van der Waals surface area contributed by atoms with E-state index in [1.165, 1.54) is 6.07 Å². The number of ether oxygens (including phenoxy) is 2. The van der Waals surface area contributed by atoms with Gasteiger partial charge in [-0.25, -0.2) is 8.78 Å². The SMILES string of the molecule is COCCC(=O)N[C@@H]1C[C@H](c2cc(F)ccc2F)O[C@@H]2CCC[C@@H]12. The molecule has 1 amide bonds. The van der Waals surface area contributed by atoms with Crippen molar-refractivity contribution in [3.05, 3.63) is 35.4 Å². The van der Waals surface area contributed by atoms with Gasteiger partial charge in [0.1, 0.15) is 11.6 Å². The lowest BCUT2D eigenvalue weighted by Gasteiger charge is -2.39. The second-order valence-corrected chi connectivity index (χ2v) is 6.58. The standard InChI is InChI=1S/C18H23F2NO3/c1-23-8-7-18(22)21-15-10-17(24-16-4-2-3-12(15)16)13-9-11(19)5-6-14(13)20/h5-6,9,12,15-17H,2-4,7-8,10H2,1H3,(H,21,22)/t12-,15+,16+,17+/m0/s1. The molecule has 1 aliphatic carbocycles. The van der Waals surface area contributed by atoms with Crippen molar-refractivity contribution in [3.8, 4) is 0 Å². The molecule has 0 spiro atoms. The van der Waals surface area contributed by atoms with Crippen molar-refractivity contribution >= 4 is 5.91 Å². The average molecular weight is 339 g/mol.